The van der Waals surface area contributed by atoms with E-state index in [2.05, 4.69) is 305 Å². The molecule has 744 valence electrons. The van der Waals surface area contributed by atoms with Crippen molar-refractivity contribution in [1.29, 1.82) is 0 Å². The molecule has 0 amide bonds. The molecule has 24 rings (SSSR count). The Morgan fingerprint density at radius 1 is 0.209 bits per heavy atom. The molecule has 0 bridgehead atoms. The van der Waals surface area contributed by atoms with E-state index in [0.29, 0.717) is 0 Å². The van der Waals surface area contributed by atoms with E-state index < -0.39 is 0 Å². The molecule has 0 saturated heterocycles. The number of nitrogens with zero attached hydrogens (tertiary/aromatic N) is 8. The molecule has 0 unspecified atom stereocenters. The van der Waals surface area contributed by atoms with Crippen LogP contribution in [0.15, 0.2) is 365 Å². The number of phenolic OH excluding ortho intramolecular Hbond substituents is 4. The van der Waals surface area contributed by atoms with Gasteiger partial charge in [0, 0.05) is 151 Å². The summed E-state index contributed by atoms with van der Waals surface area (Å²) in [5.41, 5.74) is 27.2. The molecule has 0 aliphatic rings. The third-order valence-corrected chi connectivity index (χ3v) is 30.2. The number of benzene rings is 16. The topological polar surface area (TPSA) is 184 Å². The maximum absolute atomic E-state index is 10.6. The molecule has 0 spiro atoms. The molecule has 12 nitrogen and oxygen atoms in total. The zero-order valence-electron chi connectivity index (χ0n) is 82.9. The molecule has 24 aromatic rings. The van der Waals surface area contributed by atoms with E-state index in [4.69, 9.17) is 29.9 Å². The maximum atomic E-state index is 10.6. The Hall–Kier alpha value is -13.3. The van der Waals surface area contributed by atoms with Crippen LogP contribution >= 0.6 is 45.3 Å². The van der Waals surface area contributed by atoms with Gasteiger partial charge < -0.3 is 20.4 Å². The molecule has 0 fully saturated rings. The van der Waals surface area contributed by atoms with Crippen LogP contribution in [0.5, 0.6) is 23.0 Å². The Labute approximate surface area is 935 Å². The van der Waals surface area contributed by atoms with Crippen molar-refractivity contribution in [1.82, 2.24) is 39.9 Å². The summed E-state index contributed by atoms with van der Waals surface area (Å²) in [5, 5.41) is 54.0. The molecule has 0 aliphatic carbocycles. The molecular formula is C128H100N8O4Pt4S4-4. The number of pyridine rings is 4. The van der Waals surface area contributed by atoms with Crippen LogP contribution in [-0.4, -0.2) is 60.3 Å². The second-order valence-corrected chi connectivity index (χ2v) is 44.2. The van der Waals surface area contributed by atoms with Crippen molar-refractivity contribution in [2.75, 3.05) is 0 Å². The molecule has 8 aromatic heterocycles. The minimum Gasteiger partial charge on any atom is -0.507 e. The second-order valence-electron chi connectivity index (χ2n) is 40.1. The minimum atomic E-state index is -0.0513. The van der Waals surface area contributed by atoms with Crippen LogP contribution in [0.25, 0.3) is 216 Å². The molecule has 8 heterocycles. The number of aromatic hydroxyl groups is 4. The average molecular weight is 2720 g/mol. The van der Waals surface area contributed by atoms with Gasteiger partial charge in [-0.1, -0.05) is 389 Å². The SMILES string of the molecule is CC(C)(C)c1cc(-c2[c-]c(-c3ccccn3)c3ccccc3c2)c2nc(-c3ccccc3O)sc2c1.CC(C)(C)c1ccnc(-c2[c-]c(-c3cc(C(C)(C)C)cc4sc(-c5ccccc5O)nc34)cc3ccccc23)c1.CC(C)(C)c1ccnc(-c2[c-]c(-c3cccc4sc(-c5ccccc5O)nc34)cc3ccccc23)c1.Oc1ccccc1-c1nc2c(-c3[c-]c(-c4ccccn4)c4ccccc4c3)cccc2s1.[Pt].[Pt].[Pt].[Pt]. The fraction of sp³-hybridized carbons (Fsp3) is 0.125. The summed E-state index contributed by atoms with van der Waals surface area (Å²) in [6, 6.07) is 129. The first-order valence-corrected chi connectivity index (χ1v) is 51.2. The Bertz CT molecular complexity index is 9050. The third-order valence-electron chi connectivity index (χ3n) is 26.0. The van der Waals surface area contributed by atoms with Crippen molar-refractivity contribution in [2.45, 2.75) is 105 Å². The zero-order valence-corrected chi connectivity index (χ0v) is 95.3. The summed E-state index contributed by atoms with van der Waals surface area (Å²) in [6.45, 7) is 26.7. The monoisotopic (exact) mass is 2720 g/mol. The number of phenols is 4. The van der Waals surface area contributed by atoms with Gasteiger partial charge in [-0.15, -0.1) is 116 Å². The Kier molecular flexibility index (Phi) is 31.7. The Balaban J connectivity index is 0.000000134. The molecule has 0 aliphatic heterocycles. The summed E-state index contributed by atoms with van der Waals surface area (Å²) < 4.78 is 4.33. The first kappa shape index (κ1) is 106. The number of aromatic nitrogens is 8. The predicted octanol–water partition coefficient (Wildman–Crippen LogP) is 34.6. The van der Waals surface area contributed by atoms with Crippen LogP contribution in [0.3, 0.4) is 0 Å². The van der Waals surface area contributed by atoms with Gasteiger partial charge in [-0.3, -0.25) is 19.9 Å². The molecule has 0 atom stereocenters. The van der Waals surface area contributed by atoms with Gasteiger partial charge in [0.2, 0.25) is 0 Å². The fourth-order valence-electron chi connectivity index (χ4n) is 18.2. The summed E-state index contributed by atoms with van der Waals surface area (Å²) in [7, 11) is 0. The van der Waals surface area contributed by atoms with E-state index in [1.807, 2.05) is 152 Å². The molecule has 4 N–H and O–H groups in total. The minimum absolute atomic E-state index is 0. The molecule has 0 saturated carbocycles. The number of fused-ring (bicyclic) bond motifs is 8. The largest absolute Gasteiger partial charge is 0.507 e. The maximum Gasteiger partial charge on any atom is 0.127 e. The van der Waals surface area contributed by atoms with Gasteiger partial charge in [0.05, 0.1) is 44.3 Å². The van der Waals surface area contributed by atoms with Crippen LogP contribution < -0.4 is 0 Å². The zero-order chi connectivity index (χ0) is 99.5. The van der Waals surface area contributed by atoms with Crippen LogP contribution in [0, 0.1) is 24.3 Å². The van der Waals surface area contributed by atoms with Crippen molar-refractivity contribution in [3.8, 4) is 155 Å². The third kappa shape index (κ3) is 22.1. The van der Waals surface area contributed by atoms with Gasteiger partial charge in [0.25, 0.3) is 0 Å². The average Bonchev–Trinajstić information content (AvgIpc) is 1.58. The summed E-state index contributed by atoms with van der Waals surface area (Å²) in [6.07, 6.45) is 7.43. The number of para-hydroxylation sites is 6. The second kappa shape index (κ2) is 44.2. The molecule has 20 heteroatoms. The Morgan fingerprint density at radius 2 is 0.459 bits per heavy atom. The van der Waals surface area contributed by atoms with Crippen molar-refractivity contribution >= 4 is 129 Å². The van der Waals surface area contributed by atoms with Crippen LogP contribution in [0.2, 0.25) is 0 Å². The predicted molar refractivity (Wildman–Crippen MR) is 602 cm³/mol. The van der Waals surface area contributed by atoms with Crippen molar-refractivity contribution in [3.05, 3.63) is 411 Å². The van der Waals surface area contributed by atoms with E-state index in [9.17, 15) is 20.4 Å². The van der Waals surface area contributed by atoms with Gasteiger partial charge in [-0.2, -0.15) is 0 Å². The van der Waals surface area contributed by atoms with Gasteiger partial charge in [-0.25, -0.2) is 19.9 Å². The molecule has 148 heavy (non-hydrogen) atoms. The fourth-order valence-corrected chi connectivity index (χ4v) is 22.4. The van der Waals surface area contributed by atoms with E-state index in [0.717, 1.165) is 216 Å². The van der Waals surface area contributed by atoms with E-state index in [1.165, 1.54) is 22.3 Å². The van der Waals surface area contributed by atoms with Crippen molar-refractivity contribution in [3.63, 3.8) is 0 Å². The normalized spacial score (nSPS) is 11.5. The van der Waals surface area contributed by atoms with Gasteiger partial charge in [0.1, 0.15) is 43.0 Å². The summed E-state index contributed by atoms with van der Waals surface area (Å²) in [4.78, 5) is 38.8. The van der Waals surface area contributed by atoms with E-state index in [1.54, 1.807) is 69.6 Å². The van der Waals surface area contributed by atoms with Crippen LogP contribution in [0.1, 0.15) is 105 Å². The molecule has 0 radical (unpaired) electrons. The number of hydrogen-bond acceptors (Lipinski definition) is 16. The van der Waals surface area contributed by atoms with Crippen LogP contribution in [0.4, 0.5) is 0 Å². The summed E-state index contributed by atoms with van der Waals surface area (Å²) >= 11 is 6.39. The number of thiazole rings is 4. The molecular weight excluding hydrogens is 2620 g/mol. The van der Waals surface area contributed by atoms with Crippen LogP contribution in [-0.2, 0) is 106 Å². The number of rotatable bonds is 12. The number of hydrogen-bond donors (Lipinski definition) is 4. The van der Waals surface area contributed by atoms with Gasteiger partial charge in [-0.05, 0) is 141 Å². The first-order valence-electron chi connectivity index (χ1n) is 47.9. The smallest absolute Gasteiger partial charge is 0.127 e. The van der Waals surface area contributed by atoms with Crippen molar-refractivity contribution in [2.24, 2.45) is 0 Å². The Morgan fingerprint density at radius 3 is 0.750 bits per heavy atom. The summed E-state index contributed by atoms with van der Waals surface area (Å²) in [5.74, 6) is 0.956. The van der Waals surface area contributed by atoms with Gasteiger partial charge in [0.15, 0.2) is 0 Å². The molecule has 16 aromatic carbocycles. The quantitative estimate of drug-likeness (QED) is 0.0850. The van der Waals surface area contributed by atoms with E-state index in [-0.39, 0.29) is 129 Å². The standard InChI is InChI=1S/C36H33N2OS.2C32H25N2OS.C28H17N2OS.4Pt/c1-35(2,3)24-15-16-37-30(20-24)29-18-23(17-22-11-7-8-12-26(22)29)28-19-25(36(4,5)6)21-32-33(28)38-34(40-32)27-13-9-10-14-31(27)39;1-32(2,3)22-18-25(30-29(19-22)36-31(34-30)24-12-6-7-14-28(24)35)21-16-20-10-4-5-11-23(20)26(17-21)27-13-8-9-15-33-27;1-32(2,3)22-15-16-33-27(19-22)26-18-21(17-20-9-4-5-10-23(20)26)24-12-8-14-29-30(24)34-31(36-29)25-11-6-7-13-28(25)35;31-25-13-4-3-10-22(25)28-30-27-21(11-7-14-26(27)32-28)19-16-18-8-1-2-9-20(18)23(17-19)24-12-5-6-15-29-24;;;;/h7-17,19-21,39H,1-6H3;4-16,18-19,35H,1-3H3;4-17,19,35H,1-3H3;1-16,31H;;;;/q4*-1;;;;. The van der Waals surface area contributed by atoms with Gasteiger partial charge >= 0.3 is 0 Å². The first-order chi connectivity index (χ1) is 69.5. The van der Waals surface area contributed by atoms with E-state index >= 15 is 0 Å². The van der Waals surface area contributed by atoms with Crippen molar-refractivity contribution < 1.29 is 105 Å².